The zero-order valence-corrected chi connectivity index (χ0v) is 9.13. The number of hydrogen-bond acceptors (Lipinski definition) is 2. The van der Waals surface area contributed by atoms with Gasteiger partial charge in [0, 0.05) is 6.04 Å². The monoisotopic (exact) mass is 258 g/mol. The standard InChI is InChI=1S/C9H11BrN2O2/c10-8-4-3-7(14-8)5-11-9(13)12-6-1-2-6/h3-4,6H,1-2,5H2,(H2,11,12,13). The van der Waals surface area contributed by atoms with E-state index in [4.69, 9.17) is 4.42 Å². The molecule has 1 aliphatic rings. The van der Waals surface area contributed by atoms with Crippen LogP contribution in [-0.2, 0) is 6.54 Å². The molecule has 1 aromatic heterocycles. The maximum Gasteiger partial charge on any atom is 0.315 e. The summed E-state index contributed by atoms with van der Waals surface area (Å²) in [5.74, 6) is 0.739. The smallest absolute Gasteiger partial charge is 0.315 e. The number of halogens is 1. The van der Waals surface area contributed by atoms with E-state index in [2.05, 4.69) is 26.6 Å². The van der Waals surface area contributed by atoms with Crippen molar-refractivity contribution >= 4 is 22.0 Å². The fourth-order valence-corrected chi connectivity index (χ4v) is 1.42. The minimum absolute atomic E-state index is 0.125. The molecule has 1 heterocycles. The topological polar surface area (TPSA) is 54.3 Å². The molecule has 1 aliphatic carbocycles. The van der Waals surface area contributed by atoms with Gasteiger partial charge in [0.15, 0.2) is 4.67 Å². The highest BCUT2D eigenvalue weighted by Crippen LogP contribution is 2.18. The number of rotatable bonds is 3. The van der Waals surface area contributed by atoms with Gasteiger partial charge in [-0.05, 0) is 40.9 Å². The molecule has 5 heteroatoms. The van der Waals surface area contributed by atoms with Gasteiger partial charge in [-0.3, -0.25) is 0 Å². The predicted molar refractivity (Wildman–Crippen MR) is 54.8 cm³/mol. The average Bonchev–Trinajstić information content (AvgIpc) is 2.85. The van der Waals surface area contributed by atoms with Gasteiger partial charge in [-0.1, -0.05) is 0 Å². The maximum absolute atomic E-state index is 11.2. The first kappa shape index (κ1) is 9.58. The first-order valence-corrected chi connectivity index (χ1v) is 5.32. The molecular formula is C9H11BrN2O2. The van der Waals surface area contributed by atoms with Crippen molar-refractivity contribution < 1.29 is 9.21 Å². The van der Waals surface area contributed by atoms with Crippen LogP contribution in [0.5, 0.6) is 0 Å². The molecule has 1 fully saturated rings. The molecule has 2 rings (SSSR count). The van der Waals surface area contributed by atoms with Crippen LogP contribution in [0.4, 0.5) is 4.79 Å². The number of carbonyl (C=O) groups excluding carboxylic acids is 1. The van der Waals surface area contributed by atoms with Crippen molar-refractivity contribution in [3.05, 3.63) is 22.6 Å². The highest BCUT2D eigenvalue weighted by molar-refractivity contribution is 9.10. The van der Waals surface area contributed by atoms with Crippen molar-refractivity contribution in [2.24, 2.45) is 0 Å². The lowest BCUT2D eigenvalue weighted by molar-refractivity contribution is 0.239. The van der Waals surface area contributed by atoms with Crippen molar-refractivity contribution in [1.29, 1.82) is 0 Å². The minimum Gasteiger partial charge on any atom is -0.452 e. The van der Waals surface area contributed by atoms with E-state index in [1.54, 1.807) is 6.07 Å². The van der Waals surface area contributed by atoms with Gasteiger partial charge in [-0.15, -0.1) is 0 Å². The van der Waals surface area contributed by atoms with E-state index in [1.165, 1.54) is 0 Å². The van der Waals surface area contributed by atoms with Crippen LogP contribution in [0, 0.1) is 0 Å². The van der Waals surface area contributed by atoms with Crippen LogP contribution in [0.15, 0.2) is 21.2 Å². The van der Waals surface area contributed by atoms with E-state index in [9.17, 15) is 4.79 Å². The summed E-state index contributed by atoms with van der Waals surface area (Å²) < 4.78 is 5.91. The Labute approximate surface area is 90.2 Å². The third-order valence-electron chi connectivity index (χ3n) is 1.96. The van der Waals surface area contributed by atoms with Gasteiger partial charge in [-0.2, -0.15) is 0 Å². The Bertz CT molecular complexity index is 333. The number of amides is 2. The third-order valence-corrected chi connectivity index (χ3v) is 2.39. The Morgan fingerprint density at radius 1 is 1.57 bits per heavy atom. The molecule has 0 unspecified atom stereocenters. The molecule has 0 aliphatic heterocycles. The largest absolute Gasteiger partial charge is 0.452 e. The molecule has 0 aromatic carbocycles. The molecule has 4 nitrogen and oxygen atoms in total. The molecule has 1 aromatic rings. The molecular weight excluding hydrogens is 248 g/mol. The average molecular weight is 259 g/mol. The van der Waals surface area contributed by atoms with E-state index >= 15 is 0 Å². The molecule has 0 radical (unpaired) electrons. The summed E-state index contributed by atoms with van der Waals surface area (Å²) in [7, 11) is 0. The van der Waals surface area contributed by atoms with E-state index in [-0.39, 0.29) is 6.03 Å². The second kappa shape index (κ2) is 4.04. The lowest BCUT2D eigenvalue weighted by atomic mass is 10.4. The van der Waals surface area contributed by atoms with E-state index in [0.717, 1.165) is 18.6 Å². The molecule has 2 N–H and O–H groups in total. The Morgan fingerprint density at radius 3 is 2.93 bits per heavy atom. The molecule has 0 atom stereocenters. The maximum atomic E-state index is 11.2. The van der Waals surface area contributed by atoms with Crippen LogP contribution in [-0.4, -0.2) is 12.1 Å². The van der Waals surface area contributed by atoms with Crippen LogP contribution >= 0.6 is 15.9 Å². The minimum atomic E-state index is -0.125. The summed E-state index contributed by atoms with van der Waals surface area (Å²) in [5, 5.41) is 5.55. The lowest BCUT2D eigenvalue weighted by Gasteiger charge is -2.03. The predicted octanol–water partition coefficient (Wildman–Crippen LogP) is 2.00. The quantitative estimate of drug-likeness (QED) is 0.872. The van der Waals surface area contributed by atoms with Gasteiger partial charge in [-0.25, -0.2) is 4.79 Å². The number of nitrogens with one attached hydrogen (secondary N) is 2. The summed E-state index contributed by atoms with van der Waals surface area (Å²) in [6, 6.07) is 3.88. The van der Waals surface area contributed by atoms with Gasteiger partial charge < -0.3 is 15.1 Å². The Morgan fingerprint density at radius 2 is 2.36 bits per heavy atom. The Kier molecular flexibility index (Phi) is 2.77. The Hall–Kier alpha value is -0.970. The zero-order chi connectivity index (χ0) is 9.97. The second-order valence-electron chi connectivity index (χ2n) is 3.31. The third kappa shape index (κ3) is 2.77. The molecule has 76 valence electrons. The van der Waals surface area contributed by atoms with Crippen LogP contribution < -0.4 is 10.6 Å². The summed E-state index contributed by atoms with van der Waals surface area (Å²) >= 11 is 3.19. The van der Waals surface area contributed by atoms with Crippen molar-refractivity contribution in [3.8, 4) is 0 Å². The number of urea groups is 1. The van der Waals surface area contributed by atoms with Crippen LogP contribution in [0.1, 0.15) is 18.6 Å². The van der Waals surface area contributed by atoms with Gasteiger partial charge in [0.05, 0.1) is 6.54 Å². The van der Waals surface area contributed by atoms with E-state index < -0.39 is 0 Å². The molecule has 0 spiro atoms. The van der Waals surface area contributed by atoms with E-state index in [0.29, 0.717) is 17.3 Å². The summed E-state index contributed by atoms with van der Waals surface area (Å²) in [5.41, 5.74) is 0. The molecule has 1 saturated carbocycles. The highest BCUT2D eigenvalue weighted by atomic mass is 79.9. The highest BCUT2D eigenvalue weighted by Gasteiger charge is 2.22. The van der Waals surface area contributed by atoms with E-state index in [1.807, 2.05) is 6.07 Å². The molecule has 0 bridgehead atoms. The fourth-order valence-electron chi connectivity index (χ4n) is 1.08. The van der Waals surface area contributed by atoms with Crippen molar-refractivity contribution in [3.63, 3.8) is 0 Å². The van der Waals surface area contributed by atoms with Crippen molar-refractivity contribution in [2.75, 3.05) is 0 Å². The van der Waals surface area contributed by atoms with Gasteiger partial charge in [0.1, 0.15) is 5.76 Å². The van der Waals surface area contributed by atoms with Gasteiger partial charge in [0.2, 0.25) is 0 Å². The van der Waals surface area contributed by atoms with Crippen molar-refractivity contribution in [1.82, 2.24) is 10.6 Å². The van der Waals surface area contributed by atoms with Crippen molar-refractivity contribution in [2.45, 2.75) is 25.4 Å². The Balaban J connectivity index is 1.73. The first-order valence-electron chi connectivity index (χ1n) is 4.52. The summed E-state index contributed by atoms with van der Waals surface area (Å²) in [6.07, 6.45) is 2.19. The first-order chi connectivity index (χ1) is 6.74. The fraction of sp³-hybridized carbons (Fsp3) is 0.444. The molecule has 0 saturated heterocycles. The number of hydrogen-bond donors (Lipinski definition) is 2. The van der Waals surface area contributed by atoms with Crippen LogP contribution in [0.25, 0.3) is 0 Å². The molecule has 2 amide bonds. The normalized spacial score (nSPS) is 15.2. The summed E-state index contributed by atoms with van der Waals surface area (Å²) in [4.78, 5) is 11.2. The van der Waals surface area contributed by atoms with Gasteiger partial charge in [0.25, 0.3) is 0 Å². The van der Waals surface area contributed by atoms with Crippen LogP contribution in [0.2, 0.25) is 0 Å². The SMILES string of the molecule is O=C(NCc1ccc(Br)o1)NC1CC1. The number of furan rings is 1. The second-order valence-corrected chi connectivity index (χ2v) is 4.09. The zero-order valence-electron chi connectivity index (χ0n) is 7.55. The lowest BCUT2D eigenvalue weighted by Crippen LogP contribution is -2.36. The number of carbonyl (C=O) groups is 1. The summed E-state index contributed by atoms with van der Waals surface area (Å²) in [6.45, 7) is 0.421. The van der Waals surface area contributed by atoms with Crippen LogP contribution in [0.3, 0.4) is 0 Å². The molecule has 14 heavy (non-hydrogen) atoms. The van der Waals surface area contributed by atoms with Gasteiger partial charge >= 0.3 is 6.03 Å².